The van der Waals surface area contributed by atoms with Crippen LogP contribution in [0.2, 0.25) is 0 Å². The van der Waals surface area contributed by atoms with E-state index in [0.717, 1.165) is 0 Å². The van der Waals surface area contributed by atoms with Crippen LogP contribution in [-0.4, -0.2) is 35.1 Å². The van der Waals surface area contributed by atoms with Gasteiger partial charge in [-0.25, -0.2) is 4.68 Å². The summed E-state index contributed by atoms with van der Waals surface area (Å²) in [5, 5.41) is 1.73. The molecule has 0 saturated carbocycles. The fraction of sp³-hybridized carbons (Fsp3) is 0.333. The van der Waals surface area contributed by atoms with Gasteiger partial charge in [0.25, 0.3) is 5.56 Å². The molecule has 1 amide bonds. The Balaban J connectivity index is 2.38. The smallest absolute Gasteiger partial charge is 0.393 e. The second-order valence-corrected chi connectivity index (χ2v) is 5.21. The van der Waals surface area contributed by atoms with Crippen LogP contribution in [0.25, 0.3) is 5.69 Å². The summed E-state index contributed by atoms with van der Waals surface area (Å²) >= 11 is 0. The summed E-state index contributed by atoms with van der Waals surface area (Å²) in [4.78, 5) is 23.4. The van der Waals surface area contributed by atoms with E-state index in [0.29, 0.717) is 5.69 Å². The molecular formula is C15H17F3N4O3. The number of para-hydroxylation sites is 1. The number of hydrogen-bond acceptors (Lipinski definition) is 4. The first-order valence-corrected chi connectivity index (χ1v) is 7.19. The largest absolute Gasteiger partial charge is 0.471 e. The number of nitrogen functional groups attached to an aromatic ring is 1. The molecule has 0 aliphatic carbocycles. The minimum absolute atomic E-state index is 0.166. The van der Waals surface area contributed by atoms with Gasteiger partial charge in [0.1, 0.15) is 11.8 Å². The van der Waals surface area contributed by atoms with Crippen molar-refractivity contribution in [2.24, 2.45) is 7.05 Å². The average molecular weight is 358 g/mol. The van der Waals surface area contributed by atoms with Crippen LogP contribution in [0, 0.1) is 0 Å². The maximum absolute atomic E-state index is 12.4. The number of aromatic nitrogens is 2. The second-order valence-electron chi connectivity index (χ2n) is 5.21. The Morgan fingerprint density at radius 3 is 2.44 bits per heavy atom. The number of methoxy groups -OCH3 is 1. The molecule has 1 aromatic heterocycles. The van der Waals surface area contributed by atoms with Crippen LogP contribution < -0.4 is 16.6 Å². The van der Waals surface area contributed by atoms with Gasteiger partial charge in [-0.05, 0) is 12.1 Å². The summed E-state index contributed by atoms with van der Waals surface area (Å²) < 4.78 is 44.7. The predicted octanol–water partition coefficient (Wildman–Crippen LogP) is 1.12. The summed E-state index contributed by atoms with van der Waals surface area (Å²) in [6, 6.07) is 8.58. The molecule has 7 nitrogen and oxygen atoms in total. The molecule has 0 unspecified atom stereocenters. The Morgan fingerprint density at radius 2 is 1.92 bits per heavy atom. The van der Waals surface area contributed by atoms with E-state index in [1.165, 1.54) is 23.5 Å². The Bertz CT molecular complexity index is 812. The quantitative estimate of drug-likeness (QED) is 0.838. The molecule has 136 valence electrons. The highest BCUT2D eigenvalue weighted by Gasteiger charge is 2.39. The Kier molecular flexibility index (Phi) is 5.21. The van der Waals surface area contributed by atoms with Crippen molar-refractivity contribution >= 4 is 11.6 Å². The van der Waals surface area contributed by atoms with Crippen LogP contribution >= 0.6 is 0 Å². The first-order valence-electron chi connectivity index (χ1n) is 7.19. The van der Waals surface area contributed by atoms with Crippen LogP contribution in [0.1, 0.15) is 11.8 Å². The minimum atomic E-state index is -5.01. The number of nitrogens with two attached hydrogens (primary N) is 1. The van der Waals surface area contributed by atoms with E-state index in [9.17, 15) is 22.8 Å². The Labute approximate surface area is 140 Å². The van der Waals surface area contributed by atoms with E-state index in [4.69, 9.17) is 10.5 Å². The Morgan fingerprint density at radius 1 is 1.32 bits per heavy atom. The summed E-state index contributed by atoms with van der Waals surface area (Å²) in [7, 11) is 2.77. The fourth-order valence-corrected chi connectivity index (χ4v) is 2.46. The van der Waals surface area contributed by atoms with Crippen molar-refractivity contribution in [1.82, 2.24) is 14.7 Å². The van der Waals surface area contributed by atoms with Crippen LogP contribution in [-0.2, 0) is 16.6 Å². The fourth-order valence-electron chi connectivity index (χ4n) is 2.46. The molecule has 25 heavy (non-hydrogen) atoms. The van der Waals surface area contributed by atoms with Gasteiger partial charge in [-0.15, -0.1) is 0 Å². The van der Waals surface area contributed by atoms with E-state index >= 15 is 0 Å². The lowest BCUT2D eigenvalue weighted by Crippen LogP contribution is -2.39. The number of carbonyl (C=O) groups excluding carboxylic acids is 1. The third-order valence-corrected chi connectivity index (χ3v) is 3.64. The summed E-state index contributed by atoms with van der Waals surface area (Å²) in [6.45, 7) is -0.495. The molecule has 1 heterocycles. The van der Waals surface area contributed by atoms with Crippen molar-refractivity contribution in [2.75, 3.05) is 19.4 Å². The van der Waals surface area contributed by atoms with E-state index in [1.54, 1.807) is 35.6 Å². The van der Waals surface area contributed by atoms with Gasteiger partial charge in [0.2, 0.25) is 0 Å². The van der Waals surface area contributed by atoms with E-state index in [1.807, 2.05) is 0 Å². The van der Waals surface area contributed by atoms with Gasteiger partial charge in [0.15, 0.2) is 0 Å². The van der Waals surface area contributed by atoms with Gasteiger partial charge in [0, 0.05) is 20.7 Å². The Hall–Kier alpha value is -2.75. The number of carbonyl (C=O) groups is 1. The molecule has 1 aromatic carbocycles. The SMILES string of the molecule is CO[C@@H](CNC(=O)C(F)(F)F)c1c(N)c(=O)n(-c2ccccc2)n1C. The highest BCUT2D eigenvalue weighted by molar-refractivity contribution is 5.81. The first-order chi connectivity index (χ1) is 11.7. The number of anilines is 1. The zero-order chi connectivity index (χ0) is 18.8. The van der Waals surface area contributed by atoms with Gasteiger partial charge < -0.3 is 15.8 Å². The van der Waals surface area contributed by atoms with Crippen LogP contribution in [0.3, 0.4) is 0 Å². The average Bonchev–Trinajstić information content (AvgIpc) is 2.78. The molecule has 0 aliphatic rings. The summed E-state index contributed by atoms with van der Waals surface area (Å²) in [5.74, 6) is -2.10. The third-order valence-electron chi connectivity index (χ3n) is 3.64. The highest BCUT2D eigenvalue weighted by Crippen LogP contribution is 2.23. The van der Waals surface area contributed by atoms with Crippen molar-refractivity contribution in [3.63, 3.8) is 0 Å². The lowest BCUT2D eigenvalue weighted by atomic mass is 10.2. The first kappa shape index (κ1) is 18.6. The molecule has 0 fully saturated rings. The van der Waals surface area contributed by atoms with E-state index in [-0.39, 0.29) is 11.4 Å². The molecule has 3 N–H and O–H groups in total. The molecule has 0 radical (unpaired) electrons. The number of amides is 1. The third kappa shape index (κ3) is 3.68. The predicted molar refractivity (Wildman–Crippen MR) is 84.2 cm³/mol. The molecule has 1 atom stereocenters. The number of nitrogens with zero attached hydrogens (tertiary/aromatic N) is 2. The van der Waals surface area contributed by atoms with Crippen molar-refractivity contribution in [3.8, 4) is 5.69 Å². The molecular weight excluding hydrogens is 341 g/mol. The van der Waals surface area contributed by atoms with Crippen molar-refractivity contribution in [2.45, 2.75) is 12.3 Å². The summed E-state index contributed by atoms with van der Waals surface area (Å²) in [5.41, 5.74) is 5.83. The lowest BCUT2D eigenvalue weighted by Gasteiger charge is -2.19. The number of rotatable bonds is 5. The zero-order valence-corrected chi connectivity index (χ0v) is 13.5. The van der Waals surface area contributed by atoms with Crippen molar-refractivity contribution in [1.29, 1.82) is 0 Å². The maximum atomic E-state index is 12.4. The highest BCUT2D eigenvalue weighted by atomic mass is 19.4. The number of benzene rings is 1. The second kappa shape index (κ2) is 7.01. The molecule has 0 saturated heterocycles. The van der Waals surface area contributed by atoms with Gasteiger partial charge in [-0.2, -0.15) is 13.2 Å². The summed E-state index contributed by atoms with van der Waals surface area (Å²) in [6.07, 6.45) is -6.04. The molecule has 0 spiro atoms. The van der Waals surface area contributed by atoms with Crippen molar-refractivity contribution in [3.05, 3.63) is 46.4 Å². The molecule has 2 rings (SSSR count). The zero-order valence-electron chi connectivity index (χ0n) is 13.5. The molecule has 0 aliphatic heterocycles. The van der Waals surface area contributed by atoms with Crippen LogP contribution in [0.15, 0.2) is 35.1 Å². The number of halogens is 3. The van der Waals surface area contributed by atoms with Gasteiger partial charge in [0.05, 0.1) is 11.4 Å². The number of ether oxygens (including phenoxy) is 1. The normalized spacial score (nSPS) is 12.8. The number of nitrogens with one attached hydrogen (secondary N) is 1. The maximum Gasteiger partial charge on any atom is 0.471 e. The number of hydrogen-bond donors (Lipinski definition) is 2. The van der Waals surface area contributed by atoms with E-state index in [2.05, 4.69) is 0 Å². The topological polar surface area (TPSA) is 91.3 Å². The van der Waals surface area contributed by atoms with Crippen LogP contribution in [0.5, 0.6) is 0 Å². The number of alkyl halides is 3. The molecule has 0 bridgehead atoms. The lowest BCUT2D eigenvalue weighted by molar-refractivity contribution is -0.174. The van der Waals surface area contributed by atoms with E-state index < -0.39 is 30.3 Å². The van der Waals surface area contributed by atoms with Crippen LogP contribution in [0.4, 0.5) is 18.9 Å². The van der Waals surface area contributed by atoms with Crippen molar-refractivity contribution < 1.29 is 22.7 Å². The molecule has 10 heteroatoms. The minimum Gasteiger partial charge on any atom is -0.393 e. The standard InChI is InChI=1S/C15H17F3N4O3/c1-21-12(10(25-2)8-20-14(24)15(16,17)18)11(19)13(23)22(21)9-6-4-3-5-7-9/h3-7,10H,8,19H2,1-2H3,(H,20,24)/t10-/m0/s1. The van der Waals surface area contributed by atoms with Gasteiger partial charge >= 0.3 is 12.1 Å². The van der Waals surface area contributed by atoms with Gasteiger partial charge in [-0.3, -0.25) is 14.3 Å². The molecule has 2 aromatic rings. The van der Waals surface area contributed by atoms with Gasteiger partial charge in [-0.1, -0.05) is 18.2 Å². The monoisotopic (exact) mass is 358 g/mol.